The number of ether oxygens (including phenoxy) is 1. The van der Waals surface area contributed by atoms with Crippen molar-refractivity contribution in [3.63, 3.8) is 0 Å². The molecule has 7 heteroatoms. The van der Waals surface area contributed by atoms with Gasteiger partial charge in [0.05, 0.1) is 15.7 Å². The summed E-state index contributed by atoms with van der Waals surface area (Å²) in [6, 6.07) is 4.87. The van der Waals surface area contributed by atoms with Crippen LogP contribution in [0.25, 0.3) is 0 Å². The molecule has 4 N–H and O–H groups in total. The van der Waals surface area contributed by atoms with Gasteiger partial charge in [0.1, 0.15) is 5.75 Å². The van der Waals surface area contributed by atoms with Gasteiger partial charge < -0.3 is 16.2 Å². The Morgan fingerprint density at radius 2 is 2.11 bits per heavy atom. The average molecular weight is 325 g/mol. The van der Waals surface area contributed by atoms with E-state index in [1.54, 1.807) is 23.9 Å². The number of aromatic nitrogens is 2. The molecule has 2 rings (SSSR count). The summed E-state index contributed by atoms with van der Waals surface area (Å²) in [4.78, 5) is 11.3. The number of aryl methyl sites for hydroxylation is 2. The monoisotopic (exact) mass is 324 g/mol. The zero-order valence-corrected chi connectivity index (χ0v) is 12.1. The van der Waals surface area contributed by atoms with Gasteiger partial charge in [0.15, 0.2) is 0 Å². The molecule has 19 heavy (non-hydrogen) atoms. The quantitative estimate of drug-likeness (QED) is 0.843. The van der Waals surface area contributed by atoms with E-state index in [2.05, 4.69) is 21.0 Å². The minimum absolute atomic E-state index is 0.220. The van der Waals surface area contributed by atoms with Crippen LogP contribution < -0.4 is 16.2 Å². The Kier molecular flexibility index (Phi) is 3.48. The van der Waals surface area contributed by atoms with E-state index in [4.69, 9.17) is 16.2 Å². The van der Waals surface area contributed by atoms with Crippen LogP contribution in [0, 0.1) is 6.92 Å². The maximum absolute atomic E-state index is 11.3. The number of nitrogen functional groups attached to an aromatic ring is 1. The lowest BCUT2D eigenvalue weighted by Crippen LogP contribution is -2.13. The van der Waals surface area contributed by atoms with Crippen molar-refractivity contribution in [3.05, 3.63) is 33.9 Å². The van der Waals surface area contributed by atoms with Crippen LogP contribution in [0.1, 0.15) is 16.1 Å². The Morgan fingerprint density at radius 1 is 1.42 bits per heavy atom. The number of amides is 1. The van der Waals surface area contributed by atoms with Crippen LogP contribution in [-0.4, -0.2) is 15.7 Å². The number of carbonyl (C=O) groups is 1. The van der Waals surface area contributed by atoms with Crippen molar-refractivity contribution in [3.8, 4) is 11.6 Å². The van der Waals surface area contributed by atoms with E-state index in [1.165, 1.54) is 6.07 Å². The highest BCUT2D eigenvalue weighted by Crippen LogP contribution is 2.33. The number of carbonyl (C=O) groups excluding carboxylic acids is 1. The molecular weight excluding hydrogens is 312 g/mol. The topological polar surface area (TPSA) is 96.2 Å². The molecular formula is C12H13BrN4O2. The molecule has 0 atom stereocenters. The van der Waals surface area contributed by atoms with E-state index in [1.807, 2.05) is 6.92 Å². The van der Waals surface area contributed by atoms with Gasteiger partial charge in [0.2, 0.25) is 5.88 Å². The second kappa shape index (κ2) is 4.93. The number of primary amides is 1. The summed E-state index contributed by atoms with van der Waals surface area (Å²) >= 11 is 3.33. The van der Waals surface area contributed by atoms with E-state index in [0.717, 1.165) is 5.69 Å². The lowest BCUT2D eigenvalue weighted by Gasteiger charge is -2.10. The minimum atomic E-state index is -0.601. The fourth-order valence-electron chi connectivity index (χ4n) is 1.66. The number of hydrogen-bond donors (Lipinski definition) is 2. The third-order valence-electron chi connectivity index (χ3n) is 2.54. The van der Waals surface area contributed by atoms with Crippen LogP contribution >= 0.6 is 15.9 Å². The summed E-state index contributed by atoms with van der Waals surface area (Å²) in [5, 5.41) is 4.17. The molecule has 0 fully saturated rings. The number of hydrogen-bond acceptors (Lipinski definition) is 4. The highest BCUT2D eigenvalue weighted by atomic mass is 79.9. The van der Waals surface area contributed by atoms with E-state index in [9.17, 15) is 4.79 Å². The molecule has 1 heterocycles. The number of rotatable bonds is 3. The third kappa shape index (κ3) is 2.70. The first-order valence-electron chi connectivity index (χ1n) is 5.46. The fourth-order valence-corrected chi connectivity index (χ4v) is 2.10. The Balaban J connectivity index is 2.42. The van der Waals surface area contributed by atoms with E-state index in [0.29, 0.717) is 21.8 Å². The number of halogens is 1. The lowest BCUT2D eigenvalue weighted by molar-refractivity contribution is 0.100. The molecule has 0 aliphatic carbocycles. The first-order valence-corrected chi connectivity index (χ1v) is 6.25. The minimum Gasteiger partial charge on any atom is -0.438 e. The van der Waals surface area contributed by atoms with Crippen molar-refractivity contribution in [1.82, 2.24) is 9.78 Å². The maximum Gasteiger partial charge on any atom is 0.250 e. The second-order valence-electron chi connectivity index (χ2n) is 4.08. The zero-order valence-electron chi connectivity index (χ0n) is 10.5. The van der Waals surface area contributed by atoms with Gasteiger partial charge in [-0.3, -0.25) is 4.79 Å². The van der Waals surface area contributed by atoms with Crippen LogP contribution in [-0.2, 0) is 7.05 Å². The number of nitrogens with zero attached hydrogens (tertiary/aromatic N) is 2. The van der Waals surface area contributed by atoms with Gasteiger partial charge in [0.25, 0.3) is 5.91 Å². The first kappa shape index (κ1) is 13.4. The van der Waals surface area contributed by atoms with Gasteiger partial charge in [-0.1, -0.05) is 0 Å². The Hall–Kier alpha value is -2.02. The van der Waals surface area contributed by atoms with Crippen LogP contribution in [0.4, 0.5) is 5.69 Å². The number of anilines is 1. The second-order valence-corrected chi connectivity index (χ2v) is 4.94. The summed E-state index contributed by atoms with van der Waals surface area (Å²) in [6.07, 6.45) is 0. The molecule has 6 nitrogen and oxygen atoms in total. The highest BCUT2D eigenvalue weighted by molar-refractivity contribution is 9.10. The molecule has 1 aromatic heterocycles. The Bertz CT molecular complexity index is 651. The van der Waals surface area contributed by atoms with Gasteiger partial charge in [-0.2, -0.15) is 5.10 Å². The fraction of sp³-hybridized carbons (Fsp3) is 0.167. The average Bonchev–Trinajstić information content (AvgIpc) is 2.60. The predicted octanol–water partition coefficient (Wildman–Crippen LogP) is 1.96. The largest absolute Gasteiger partial charge is 0.438 e. The van der Waals surface area contributed by atoms with E-state index < -0.39 is 5.91 Å². The van der Waals surface area contributed by atoms with Crippen LogP contribution in [0.15, 0.2) is 22.7 Å². The molecule has 1 aromatic carbocycles. The number of benzene rings is 1. The van der Waals surface area contributed by atoms with Crippen LogP contribution in [0.2, 0.25) is 0 Å². The number of nitrogens with two attached hydrogens (primary N) is 2. The molecule has 0 unspecified atom stereocenters. The van der Waals surface area contributed by atoms with Gasteiger partial charge in [-0.25, -0.2) is 4.68 Å². The molecule has 2 aromatic rings. The highest BCUT2D eigenvalue weighted by Gasteiger charge is 2.13. The summed E-state index contributed by atoms with van der Waals surface area (Å²) in [5.41, 5.74) is 12.3. The van der Waals surface area contributed by atoms with E-state index in [-0.39, 0.29) is 5.56 Å². The van der Waals surface area contributed by atoms with Crippen LogP contribution in [0.5, 0.6) is 11.6 Å². The molecule has 100 valence electrons. The summed E-state index contributed by atoms with van der Waals surface area (Å²) < 4.78 is 7.93. The molecule has 0 saturated heterocycles. The molecule has 0 aliphatic rings. The van der Waals surface area contributed by atoms with Crippen molar-refractivity contribution in [1.29, 1.82) is 0 Å². The molecule has 0 spiro atoms. The van der Waals surface area contributed by atoms with Crippen molar-refractivity contribution in [2.24, 2.45) is 12.8 Å². The van der Waals surface area contributed by atoms with Gasteiger partial charge in [-0.15, -0.1) is 0 Å². The van der Waals surface area contributed by atoms with Crippen molar-refractivity contribution >= 4 is 27.5 Å². The SMILES string of the molecule is Cc1cc(Oc2cc(C(N)=O)c(N)cc2Br)n(C)n1. The molecule has 0 saturated carbocycles. The normalized spacial score (nSPS) is 10.5. The summed E-state index contributed by atoms with van der Waals surface area (Å²) in [7, 11) is 1.77. The molecule has 1 amide bonds. The van der Waals surface area contributed by atoms with Crippen LogP contribution in [0.3, 0.4) is 0 Å². The Morgan fingerprint density at radius 3 is 2.63 bits per heavy atom. The van der Waals surface area contributed by atoms with Crippen molar-refractivity contribution in [2.75, 3.05) is 5.73 Å². The molecule has 0 aliphatic heterocycles. The van der Waals surface area contributed by atoms with Crippen molar-refractivity contribution in [2.45, 2.75) is 6.92 Å². The summed E-state index contributed by atoms with van der Waals surface area (Å²) in [5.74, 6) is 0.403. The molecule has 0 bridgehead atoms. The first-order chi connectivity index (χ1) is 8.88. The van der Waals surface area contributed by atoms with Crippen molar-refractivity contribution < 1.29 is 9.53 Å². The predicted molar refractivity (Wildman–Crippen MR) is 75.1 cm³/mol. The van der Waals surface area contributed by atoms with E-state index >= 15 is 0 Å². The summed E-state index contributed by atoms with van der Waals surface area (Å²) in [6.45, 7) is 1.86. The van der Waals surface area contributed by atoms with Gasteiger partial charge >= 0.3 is 0 Å². The standard InChI is InChI=1S/C12H13BrN4O2/c1-6-3-11(17(2)16-6)19-10-4-7(12(15)18)9(14)5-8(10)13/h3-5H,14H2,1-2H3,(H2,15,18). The smallest absolute Gasteiger partial charge is 0.250 e. The Labute approximate surface area is 118 Å². The lowest BCUT2D eigenvalue weighted by atomic mass is 10.1. The zero-order chi connectivity index (χ0) is 14.2. The molecule has 0 radical (unpaired) electrons. The van der Waals surface area contributed by atoms with Gasteiger partial charge in [0, 0.05) is 18.8 Å². The third-order valence-corrected chi connectivity index (χ3v) is 3.16. The maximum atomic E-state index is 11.3. The van der Waals surface area contributed by atoms with Gasteiger partial charge in [-0.05, 0) is 35.0 Å².